The number of hydrogen-bond acceptors (Lipinski definition) is 0. The summed E-state index contributed by atoms with van der Waals surface area (Å²) >= 11 is 12.7. The van der Waals surface area contributed by atoms with Crippen LogP contribution in [0.4, 0.5) is 0 Å². The third-order valence-corrected chi connectivity index (χ3v) is 6.64. The number of halogens is 2. The van der Waals surface area contributed by atoms with Gasteiger partial charge in [0.2, 0.25) is 0 Å². The van der Waals surface area contributed by atoms with Crippen LogP contribution in [0.2, 0.25) is 10.0 Å². The van der Waals surface area contributed by atoms with E-state index in [2.05, 4.69) is 54.6 Å². The average Bonchev–Trinajstić information content (AvgIpc) is 2.54. The minimum absolute atomic E-state index is 0. The first kappa shape index (κ1) is 17.7. The zero-order valence-corrected chi connectivity index (χ0v) is 15.5. The minimum Gasteiger partial charge on any atom is -0.0827 e. The summed E-state index contributed by atoms with van der Waals surface area (Å²) in [4.78, 5) is 0. The Bertz CT molecular complexity index is 693. The SMILES string of the molecule is Clc1cccc(P(c2ccccc2)c2ccccc2)c1Cl.[Pd]. The second-order valence-electron chi connectivity index (χ2n) is 4.58. The molecule has 0 saturated carbocycles. The Morgan fingerprint density at radius 2 is 1.09 bits per heavy atom. The summed E-state index contributed by atoms with van der Waals surface area (Å²) in [6.45, 7) is 0. The Hall–Kier alpha value is -0.668. The molecular formula is C18H13Cl2PPd. The van der Waals surface area contributed by atoms with Crippen molar-refractivity contribution in [3.05, 3.63) is 88.9 Å². The molecule has 3 aromatic carbocycles. The van der Waals surface area contributed by atoms with Crippen LogP contribution in [0, 0.1) is 0 Å². The summed E-state index contributed by atoms with van der Waals surface area (Å²) < 4.78 is 0. The predicted molar refractivity (Wildman–Crippen MR) is 95.2 cm³/mol. The Morgan fingerprint density at radius 1 is 0.591 bits per heavy atom. The van der Waals surface area contributed by atoms with Crippen LogP contribution < -0.4 is 15.9 Å². The van der Waals surface area contributed by atoms with Crippen LogP contribution in [0.25, 0.3) is 0 Å². The maximum Gasteiger partial charge on any atom is 0.0675 e. The van der Waals surface area contributed by atoms with E-state index in [0.29, 0.717) is 10.0 Å². The van der Waals surface area contributed by atoms with Crippen molar-refractivity contribution in [1.82, 2.24) is 0 Å². The fourth-order valence-corrected chi connectivity index (χ4v) is 5.21. The van der Waals surface area contributed by atoms with Crippen molar-refractivity contribution < 1.29 is 20.4 Å². The minimum atomic E-state index is -0.699. The number of benzene rings is 3. The van der Waals surface area contributed by atoms with E-state index in [9.17, 15) is 0 Å². The Kier molecular flexibility index (Phi) is 6.64. The molecule has 0 N–H and O–H groups in total. The molecule has 0 bridgehead atoms. The van der Waals surface area contributed by atoms with Gasteiger partial charge in [-0.05, 0) is 24.6 Å². The first-order valence-electron chi connectivity index (χ1n) is 6.61. The molecule has 0 fully saturated rings. The van der Waals surface area contributed by atoms with E-state index in [4.69, 9.17) is 23.2 Å². The van der Waals surface area contributed by atoms with Crippen LogP contribution in [0.1, 0.15) is 0 Å². The van der Waals surface area contributed by atoms with Crippen molar-refractivity contribution in [2.45, 2.75) is 0 Å². The molecule has 0 heterocycles. The van der Waals surface area contributed by atoms with Gasteiger partial charge in [0, 0.05) is 25.7 Å². The van der Waals surface area contributed by atoms with E-state index >= 15 is 0 Å². The molecule has 0 aliphatic heterocycles. The van der Waals surface area contributed by atoms with E-state index in [1.165, 1.54) is 10.6 Å². The van der Waals surface area contributed by atoms with Gasteiger partial charge in [-0.15, -0.1) is 0 Å². The standard InChI is InChI=1S/C18H13Cl2P.Pd/c19-16-12-7-13-17(18(16)20)21(14-8-3-1-4-9-14)15-10-5-2-6-11-15;/h1-13H;. The van der Waals surface area contributed by atoms with Gasteiger partial charge in [-0.25, -0.2) is 0 Å². The molecule has 0 aliphatic carbocycles. The summed E-state index contributed by atoms with van der Waals surface area (Å²) in [6, 6.07) is 26.8. The van der Waals surface area contributed by atoms with Gasteiger partial charge in [-0.1, -0.05) is 96.0 Å². The molecule has 0 amide bonds. The van der Waals surface area contributed by atoms with Gasteiger partial charge < -0.3 is 0 Å². The Balaban J connectivity index is 0.00000176. The number of rotatable bonds is 3. The molecular weight excluding hydrogens is 424 g/mol. The first-order chi connectivity index (χ1) is 10.3. The molecule has 0 unspecified atom stereocenters. The average molecular weight is 438 g/mol. The van der Waals surface area contributed by atoms with Crippen LogP contribution in [0.15, 0.2) is 78.9 Å². The van der Waals surface area contributed by atoms with Crippen LogP contribution >= 0.6 is 31.1 Å². The summed E-state index contributed by atoms with van der Waals surface area (Å²) in [6.07, 6.45) is 0. The third kappa shape index (κ3) is 3.80. The van der Waals surface area contributed by atoms with Gasteiger partial charge in [0.05, 0.1) is 10.0 Å². The topological polar surface area (TPSA) is 0 Å². The van der Waals surface area contributed by atoms with Gasteiger partial charge in [-0.2, -0.15) is 0 Å². The molecule has 0 aliphatic rings. The molecule has 3 rings (SSSR count). The normalized spacial score (nSPS) is 10.3. The van der Waals surface area contributed by atoms with Crippen molar-refractivity contribution in [3.8, 4) is 0 Å². The van der Waals surface area contributed by atoms with Crippen LogP contribution in [-0.4, -0.2) is 0 Å². The van der Waals surface area contributed by atoms with E-state index in [0.717, 1.165) is 5.30 Å². The second-order valence-corrected chi connectivity index (χ2v) is 7.55. The van der Waals surface area contributed by atoms with Crippen molar-refractivity contribution in [1.29, 1.82) is 0 Å². The molecule has 22 heavy (non-hydrogen) atoms. The van der Waals surface area contributed by atoms with E-state index < -0.39 is 7.92 Å². The summed E-state index contributed by atoms with van der Waals surface area (Å²) in [7, 11) is -0.699. The predicted octanol–water partition coefficient (Wildman–Crippen LogP) is 4.75. The van der Waals surface area contributed by atoms with Gasteiger partial charge >= 0.3 is 0 Å². The Morgan fingerprint density at radius 3 is 1.59 bits per heavy atom. The monoisotopic (exact) mass is 436 g/mol. The number of hydrogen-bond donors (Lipinski definition) is 0. The van der Waals surface area contributed by atoms with E-state index in [1.807, 2.05) is 24.3 Å². The van der Waals surface area contributed by atoms with Gasteiger partial charge in [-0.3, -0.25) is 0 Å². The molecule has 3 aromatic rings. The van der Waals surface area contributed by atoms with Crippen LogP contribution in [0.3, 0.4) is 0 Å². The maximum atomic E-state index is 6.47. The molecule has 4 heteroatoms. The quantitative estimate of drug-likeness (QED) is 0.410. The molecule has 114 valence electrons. The molecule has 0 radical (unpaired) electrons. The largest absolute Gasteiger partial charge is 0.0827 e. The van der Waals surface area contributed by atoms with Crippen molar-refractivity contribution in [3.63, 3.8) is 0 Å². The first-order valence-corrected chi connectivity index (χ1v) is 8.71. The molecule has 0 aromatic heterocycles. The van der Waals surface area contributed by atoms with E-state index in [1.54, 1.807) is 0 Å². The van der Waals surface area contributed by atoms with E-state index in [-0.39, 0.29) is 20.4 Å². The third-order valence-electron chi connectivity index (χ3n) is 3.20. The zero-order valence-electron chi connectivity index (χ0n) is 11.5. The smallest absolute Gasteiger partial charge is 0.0675 e. The van der Waals surface area contributed by atoms with Gasteiger partial charge in [0.15, 0.2) is 0 Å². The van der Waals surface area contributed by atoms with Crippen molar-refractivity contribution in [2.75, 3.05) is 0 Å². The fourth-order valence-electron chi connectivity index (χ4n) is 2.25. The summed E-state index contributed by atoms with van der Waals surface area (Å²) in [5, 5.41) is 4.88. The van der Waals surface area contributed by atoms with Gasteiger partial charge in [0.1, 0.15) is 0 Å². The summed E-state index contributed by atoms with van der Waals surface area (Å²) in [5.74, 6) is 0. The van der Waals surface area contributed by atoms with Crippen LogP contribution in [0.5, 0.6) is 0 Å². The summed E-state index contributed by atoms with van der Waals surface area (Å²) in [5.41, 5.74) is 0. The maximum absolute atomic E-state index is 6.47. The van der Waals surface area contributed by atoms with Crippen LogP contribution in [-0.2, 0) is 20.4 Å². The van der Waals surface area contributed by atoms with Gasteiger partial charge in [0.25, 0.3) is 0 Å². The zero-order chi connectivity index (χ0) is 14.7. The molecule has 0 atom stereocenters. The molecule has 0 spiro atoms. The van der Waals surface area contributed by atoms with Crippen molar-refractivity contribution in [2.24, 2.45) is 0 Å². The molecule has 0 nitrogen and oxygen atoms in total. The molecule has 0 saturated heterocycles. The Labute approximate surface area is 155 Å². The van der Waals surface area contributed by atoms with Crippen molar-refractivity contribution >= 4 is 47.0 Å². The second kappa shape index (κ2) is 8.26. The fraction of sp³-hybridized carbons (Fsp3) is 0.